The van der Waals surface area contributed by atoms with Crippen molar-refractivity contribution in [1.82, 2.24) is 5.43 Å². The summed E-state index contributed by atoms with van der Waals surface area (Å²) < 4.78 is 13.4. The lowest BCUT2D eigenvalue weighted by molar-refractivity contribution is -0.384. The number of hydrogen-bond acceptors (Lipinski definition) is 7. The van der Waals surface area contributed by atoms with Crippen molar-refractivity contribution in [3.05, 3.63) is 95.4 Å². The van der Waals surface area contributed by atoms with E-state index in [0.717, 1.165) is 13.8 Å². The van der Waals surface area contributed by atoms with Gasteiger partial charge in [0.1, 0.15) is 6.61 Å². The molecule has 11 heteroatoms. The highest BCUT2D eigenvalue weighted by Gasteiger charge is 2.15. The summed E-state index contributed by atoms with van der Waals surface area (Å²) in [7, 11) is 0. The molecule has 4 aromatic rings. The molecule has 0 fully saturated rings. The Labute approximate surface area is 229 Å². The van der Waals surface area contributed by atoms with Gasteiger partial charge >= 0.3 is 0 Å². The molecular formula is C25H19ClIN3O5S. The van der Waals surface area contributed by atoms with Gasteiger partial charge in [0.15, 0.2) is 11.5 Å². The van der Waals surface area contributed by atoms with Gasteiger partial charge in [-0.15, -0.1) is 11.3 Å². The molecule has 8 nitrogen and oxygen atoms in total. The molecule has 3 aromatic carbocycles. The lowest BCUT2D eigenvalue weighted by atomic mass is 10.2. The van der Waals surface area contributed by atoms with Crippen LogP contribution in [0.15, 0.2) is 65.8 Å². The SMILES string of the molecule is CCOc1cc(/C=N\NC(=O)c2cc3cc([N+](=O)[O-])ccc3s2)cc(I)c1OCc1ccccc1Cl. The number of fused-ring (bicyclic) bond motifs is 1. The van der Waals surface area contributed by atoms with Crippen molar-refractivity contribution < 1.29 is 19.2 Å². The van der Waals surface area contributed by atoms with Gasteiger partial charge in [-0.3, -0.25) is 14.9 Å². The van der Waals surface area contributed by atoms with Gasteiger partial charge < -0.3 is 9.47 Å². The van der Waals surface area contributed by atoms with E-state index in [1.54, 1.807) is 18.2 Å². The molecule has 184 valence electrons. The number of benzene rings is 3. The van der Waals surface area contributed by atoms with Gasteiger partial charge in [-0.1, -0.05) is 29.8 Å². The van der Waals surface area contributed by atoms with Gasteiger partial charge in [0.2, 0.25) is 0 Å². The monoisotopic (exact) mass is 635 g/mol. The first-order valence-corrected chi connectivity index (χ1v) is 13.0. The van der Waals surface area contributed by atoms with Crippen molar-refractivity contribution in [2.45, 2.75) is 13.5 Å². The van der Waals surface area contributed by atoms with Crippen molar-refractivity contribution in [2.75, 3.05) is 6.61 Å². The van der Waals surface area contributed by atoms with Crippen molar-refractivity contribution in [2.24, 2.45) is 5.10 Å². The highest BCUT2D eigenvalue weighted by atomic mass is 127. The van der Waals surface area contributed by atoms with E-state index in [-0.39, 0.29) is 12.3 Å². The first kappa shape index (κ1) is 25.9. The number of non-ortho nitro benzene ring substituents is 1. The number of carbonyl (C=O) groups is 1. The Hall–Kier alpha value is -3.22. The number of ether oxygens (including phenoxy) is 2. The third-order valence-corrected chi connectivity index (χ3v) is 7.26. The molecule has 0 bridgehead atoms. The lowest BCUT2D eigenvalue weighted by Crippen LogP contribution is -2.16. The Kier molecular flexibility index (Phi) is 8.39. The number of nitro groups is 1. The topological polar surface area (TPSA) is 103 Å². The number of halogens is 2. The van der Waals surface area contributed by atoms with Crippen LogP contribution in [0.2, 0.25) is 5.02 Å². The fourth-order valence-corrected chi connectivity index (χ4v) is 5.21. The molecule has 0 radical (unpaired) electrons. The summed E-state index contributed by atoms with van der Waals surface area (Å²) in [5, 5.41) is 16.3. The standard InChI is InChI=1S/C25H19ClIN3O5S/c1-2-34-21-10-15(9-20(27)24(21)35-14-16-5-3-4-6-19(16)26)13-28-29-25(31)23-12-17-11-18(30(32)33)7-8-22(17)36-23/h3-13H,2,14H2,1H3,(H,29,31)/b28-13-. The molecule has 0 saturated carbocycles. The zero-order chi connectivity index (χ0) is 25.7. The Bertz CT molecular complexity index is 1470. The predicted octanol–water partition coefficient (Wildman–Crippen LogP) is 6.81. The smallest absolute Gasteiger partial charge is 0.281 e. The molecule has 0 unspecified atom stereocenters. The maximum atomic E-state index is 12.6. The lowest BCUT2D eigenvalue weighted by Gasteiger charge is -2.15. The van der Waals surface area contributed by atoms with Crippen LogP contribution in [0.3, 0.4) is 0 Å². The molecule has 0 aliphatic carbocycles. The second kappa shape index (κ2) is 11.7. The van der Waals surface area contributed by atoms with E-state index in [0.29, 0.717) is 39.0 Å². The molecule has 1 aromatic heterocycles. The number of nitrogens with one attached hydrogen (secondary N) is 1. The summed E-state index contributed by atoms with van der Waals surface area (Å²) in [5.41, 5.74) is 4.05. The largest absolute Gasteiger partial charge is 0.490 e. The van der Waals surface area contributed by atoms with E-state index < -0.39 is 10.8 Å². The van der Waals surface area contributed by atoms with Crippen LogP contribution in [-0.2, 0) is 6.61 Å². The summed E-state index contributed by atoms with van der Waals surface area (Å²) >= 11 is 9.63. The molecule has 0 aliphatic heterocycles. The summed E-state index contributed by atoms with van der Waals surface area (Å²) in [6.45, 7) is 2.61. The van der Waals surface area contributed by atoms with Crippen molar-refractivity contribution in [3.8, 4) is 11.5 Å². The molecule has 1 heterocycles. The Morgan fingerprint density at radius 2 is 2.00 bits per heavy atom. The number of nitro benzene ring substituents is 1. The molecule has 36 heavy (non-hydrogen) atoms. The second-order valence-electron chi connectivity index (χ2n) is 7.43. The van der Waals surface area contributed by atoms with Gasteiger partial charge in [0.05, 0.1) is 26.2 Å². The average molecular weight is 636 g/mol. The van der Waals surface area contributed by atoms with Crippen LogP contribution in [-0.4, -0.2) is 23.7 Å². The van der Waals surface area contributed by atoms with Gasteiger partial charge in [-0.25, -0.2) is 5.43 Å². The molecular weight excluding hydrogens is 617 g/mol. The Morgan fingerprint density at radius 1 is 1.19 bits per heavy atom. The maximum absolute atomic E-state index is 12.6. The fourth-order valence-electron chi connectivity index (χ4n) is 3.31. The molecule has 0 atom stereocenters. The van der Waals surface area contributed by atoms with Crippen molar-refractivity contribution in [3.63, 3.8) is 0 Å². The zero-order valence-corrected chi connectivity index (χ0v) is 22.6. The molecule has 1 amide bonds. The van der Waals surface area contributed by atoms with Crippen LogP contribution >= 0.6 is 45.5 Å². The number of rotatable bonds is 9. The number of amides is 1. The molecule has 4 rings (SSSR count). The molecule has 0 spiro atoms. The maximum Gasteiger partial charge on any atom is 0.281 e. The molecule has 0 aliphatic rings. The van der Waals surface area contributed by atoms with Crippen LogP contribution in [0.25, 0.3) is 10.1 Å². The van der Waals surface area contributed by atoms with E-state index in [1.807, 2.05) is 37.3 Å². The van der Waals surface area contributed by atoms with Crippen molar-refractivity contribution >= 4 is 73.4 Å². The summed E-state index contributed by atoms with van der Waals surface area (Å²) in [6, 6.07) is 17.2. The van der Waals surface area contributed by atoms with E-state index in [2.05, 4.69) is 33.1 Å². The Morgan fingerprint density at radius 3 is 2.75 bits per heavy atom. The molecule has 1 N–H and O–H groups in total. The van der Waals surface area contributed by atoms with Gasteiger partial charge in [-0.2, -0.15) is 5.10 Å². The van der Waals surface area contributed by atoms with E-state index >= 15 is 0 Å². The van der Waals surface area contributed by atoms with Crippen LogP contribution in [0.5, 0.6) is 11.5 Å². The van der Waals surface area contributed by atoms with Crippen LogP contribution in [0.1, 0.15) is 27.7 Å². The highest BCUT2D eigenvalue weighted by molar-refractivity contribution is 14.1. The second-order valence-corrected chi connectivity index (χ2v) is 10.1. The summed E-state index contributed by atoms with van der Waals surface area (Å²) in [4.78, 5) is 23.5. The quantitative estimate of drug-likeness (QED) is 0.0942. The van der Waals surface area contributed by atoms with Crippen LogP contribution in [0, 0.1) is 13.7 Å². The number of hydrazone groups is 1. The van der Waals surface area contributed by atoms with E-state index in [1.165, 1.54) is 29.7 Å². The van der Waals surface area contributed by atoms with E-state index in [4.69, 9.17) is 21.1 Å². The molecule has 0 saturated heterocycles. The number of hydrogen-bond donors (Lipinski definition) is 1. The van der Waals surface area contributed by atoms with Gasteiger partial charge in [-0.05, 0) is 65.4 Å². The average Bonchev–Trinajstić information content (AvgIpc) is 3.28. The van der Waals surface area contributed by atoms with Crippen LogP contribution < -0.4 is 14.9 Å². The third-order valence-electron chi connectivity index (χ3n) is 4.98. The number of nitrogens with zero attached hydrogens (tertiary/aromatic N) is 2. The first-order valence-electron chi connectivity index (χ1n) is 10.7. The van der Waals surface area contributed by atoms with Crippen LogP contribution in [0.4, 0.5) is 5.69 Å². The summed E-state index contributed by atoms with van der Waals surface area (Å²) in [6.07, 6.45) is 1.51. The zero-order valence-electron chi connectivity index (χ0n) is 18.9. The fraction of sp³-hybridized carbons (Fsp3) is 0.120. The van der Waals surface area contributed by atoms with Crippen molar-refractivity contribution in [1.29, 1.82) is 0 Å². The number of thiophene rings is 1. The minimum atomic E-state index is -0.466. The van der Waals surface area contributed by atoms with Gasteiger partial charge in [0.25, 0.3) is 11.6 Å². The normalized spacial score (nSPS) is 11.1. The highest BCUT2D eigenvalue weighted by Crippen LogP contribution is 2.35. The minimum absolute atomic E-state index is 0.0238. The Balaban J connectivity index is 1.47. The third kappa shape index (κ3) is 6.12. The number of carbonyl (C=O) groups excluding carboxylic acids is 1. The van der Waals surface area contributed by atoms with E-state index in [9.17, 15) is 14.9 Å². The van der Waals surface area contributed by atoms with Gasteiger partial charge in [0, 0.05) is 32.8 Å². The minimum Gasteiger partial charge on any atom is -0.490 e. The summed E-state index contributed by atoms with van der Waals surface area (Å²) in [5.74, 6) is 0.739. The predicted molar refractivity (Wildman–Crippen MR) is 150 cm³/mol. The first-order chi connectivity index (χ1) is 17.4.